The van der Waals surface area contributed by atoms with E-state index < -0.39 is 0 Å². The van der Waals surface area contributed by atoms with Crippen molar-refractivity contribution >= 4 is 5.57 Å². The molecule has 0 fully saturated rings. The minimum atomic E-state index is 0.732. The van der Waals surface area contributed by atoms with Gasteiger partial charge in [0.2, 0.25) is 0 Å². The highest BCUT2D eigenvalue weighted by atomic mass is 14.3. The molecule has 0 aromatic heterocycles. The Hall–Kier alpha value is -2.32. The summed E-state index contributed by atoms with van der Waals surface area (Å²) in [7, 11) is 0. The largest absolute Gasteiger partial charge is 0.193 e. The second-order valence-corrected chi connectivity index (χ2v) is 4.90. The van der Waals surface area contributed by atoms with Gasteiger partial charge in [-0.25, -0.2) is 0 Å². The van der Waals surface area contributed by atoms with Crippen LogP contribution in [0, 0.1) is 29.6 Å². The van der Waals surface area contributed by atoms with Gasteiger partial charge in [-0.2, -0.15) is 10.5 Å². The van der Waals surface area contributed by atoms with Crippen LogP contribution in [0.15, 0.2) is 29.4 Å². The maximum absolute atomic E-state index is 9.01. The van der Waals surface area contributed by atoms with Crippen molar-refractivity contribution in [2.75, 3.05) is 0 Å². The van der Waals surface area contributed by atoms with Crippen molar-refractivity contribution in [3.05, 3.63) is 51.6 Å². The summed E-state index contributed by atoms with van der Waals surface area (Å²) in [6, 6.07) is 8.41. The maximum Gasteiger partial charge on any atom is 0.0991 e. The average Bonchev–Trinajstić information content (AvgIpc) is 2.75. The molecule has 2 heteroatoms. The molecule has 0 unspecified atom stereocenters. The smallest absolute Gasteiger partial charge is 0.0991 e. The fraction of sp³-hybridized carbons (Fsp3) is 0.250. The molecule has 86 valence electrons. The molecule has 1 aromatic carbocycles. The van der Waals surface area contributed by atoms with Crippen molar-refractivity contribution in [2.45, 2.75) is 26.2 Å². The first-order valence-electron chi connectivity index (χ1n) is 6.09. The van der Waals surface area contributed by atoms with Crippen molar-refractivity contribution in [3.63, 3.8) is 0 Å². The van der Waals surface area contributed by atoms with Crippen LogP contribution in [0.5, 0.6) is 0 Å². The predicted molar refractivity (Wildman–Crippen MR) is 69.4 cm³/mol. The molecule has 0 atom stereocenters. The number of allylic oxidation sites excluding steroid dienone is 4. The summed E-state index contributed by atoms with van der Waals surface area (Å²) < 4.78 is 0. The Morgan fingerprint density at radius 3 is 2.67 bits per heavy atom. The van der Waals surface area contributed by atoms with E-state index in [4.69, 9.17) is 10.5 Å². The molecule has 1 aromatic rings. The van der Waals surface area contributed by atoms with Crippen LogP contribution in [0.1, 0.15) is 35.1 Å². The Labute approximate surface area is 106 Å². The number of nitriles is 2. The van der Waals surface area contributed by atoms with Crippen molar-refractivity contribution in [3.8, 4) is 12.1 Å². The molecule has 0 spiro atoms. The van der Waals surface area contributed by atoms with Gasteiger partial charge in [0.25, 0.3) is 0 Å². The first kappa shape index (κ1) is 10.8. The molecule has 0 radical (unpaired) electrons. The van der Waals surface area contributed by atoms with Gasteiger partial charge in [-0.1, -0.05) is 0 Å². The Morgan fingerprint density at radius 1 is 1.11 bits per heavy atom. The van der Waals surface area contributed by atoms with Gasteiger partial charge in [0, 0.05) is 5.57 Å². The molecular formula is C16H12N2. The van der Waals surface area contributed by atoms with E-state index in [-0.39, 0.29) is 0 Å². The normalized spacial score (nSPS) is 16.5. The Kier molecular flexibility index (Phi) is 2.32. The fourth-order valence-corrected chi connectivity index (χ4v) is 3.02. The third-order valence-corrected chi connectivity index (χ3v) is 3.75. The zero-order valence-corrected chi connectivity index (χ0v) is 10.2. The van der Waals surface area contributed by atoms with Gasteiger partial charge in [-0.15, -0.1) is 0 Å². The van der Waals surface area contributed by atoms with Gasteiger partial charge in [0.15, 0.2) is 0 Å². The van der Waals surface area contributed by atoms with Crippen LogP contribution in [0.2, 0.25) is 0 Å². The summed E-state index contributed by atoms with van der Waals surface area (Å²) in [6.07, 6.45) is 4.69. The minimum Gasteiger partial charge on any atom is -0.193 e. The van der Waals surface area contributed by atoms with E-state index in [1.165, 1.54) is 27.8 Å². The molecule has 0 amide bonds. The Bertz CT molecular complexity index is 691. The third kappa shape index (κ3) is 1.47. The van der Waals surface area contributed by atoms with Crippen molar-refractivity contribution < 1.29 is 0 Å². The summed E-state index contributed by atoms with van der Waals surface area (Å²) >= 11 is 0. The summed E-state index contributed by atoms with van der Waals surface area (Å²) in [5.41, 5.74) is 8.00. The Morgan fingerprint density at radius 2 is 1.94 bits per heavy atom. The number of fused-ring (bicyclic) bond motifs is 2. The summed E-state index contributed by atoms with van der Waals surface area (Å²) in [5, 5.41) is 18.0. The first-order chi connectivity index (χ1) is 8.72. The maximum atomic E-state index is 9.01. The van der Waals surface area contributed by atoms with Gasteiger partial charge in [-0.3, -0.25) is 0 Å². The zero-order chi connectivity index (χ0) is 12.7. The molecule has 0 saturated heterocycles. The molecule has 2 aliphatic carbocycles. The Balaban J connectivity index is 2.15. The highest BCUT2D eigenvalue weighted by Crippen LogP contribution is 2.42. The highest BCUT2D eigenvalue weighted by molar-refractivity contribution is 5.82. The van der Waals surface area contributed by atoms with E-state index in [9.17, 15) is 0 Å². The average molecular weight is 232 g/mol. The number of aryl methyl sites for hydroxylation is 1. The third-order valence-electron chi connectivity index (χ3n) is 3.75. The van der Waals surface area contributed by atoms with E-state index in [1.807, 2.05) is 18.2 Å². The van der Waals surface area contributed by atoms with Crippen LogP contribution in [0.4, 0.5) is 0 Å². The molecule has 2 aliphatic rings. The predicted octanol–water partition coefficient (Wildman–Crippen LogP) is 3.42. The van der Waals surface area contributed by atoms with Gasteiger partial charge < -0.3 is 0 Å². The number of hydrogen-bond donors (Lipinski definition) is 0. The van der Waals surface area contributed by atoms with Crippen LogP contribution < -0.4 is 0 Å². The molecule has 0 heterocycles. The lowest BCUT2D eigenvalue weighted by molar-refractivity contribution is 0.997. The summed E-state index contributed by atoms with van der Waals surface area (Å²) in [5.74, 6) is 0. The van der Waals surface area contributed by atoms with Crippen LogP contribution in [-0.2, 0) is 6.42 Å². The second-order valence-electron chi connectivity index (χ2n) is 4.90. The van der Waals surface area contributed by atoms with Crippen molar-refractivity contribution in [1.29, 1.82) is 10.5 Å². The van der Waals surface area contributed by atoms with Crippen molar-refractivity contribution in [1.82, 2.24) is 0 Å². The number of nitrogens with zero attached hydrogens (tertiary/aromatic N) is 2. The lowest BCUT2D eigenvalue weighted by Gasteiger charge is -2.13. The first-order valence-corrected chi connectivity index (χ1v) is 6.09. The molecule has 0 aliphatic heterocycles. The SMILES string of the molecule is Cc1cc(C#N)cc2c1C1=C(C=C(C#N)CC1)C2. The van der Waals surface area contributed by atoms with E-state index in [1.54, 1.807) is 0 Å². The fourth-order valence-electron chi connectivity index (χ4n) is 3.02. The van der Waals surface area contributed by atoms with Crippen LogP contribution >= 0.6 is 0 Å². The highest BCUT2D eigenvalue weighted by Gasteiger charge is 2.25. The van der Waals surface area contributed by atoms with E-state index >= 15 is 0 Å². The van der Waals surface area contributed by atoms with Gasteiger partial charge in [0.05, 0.1) is 17.7 Å². The molecule has 18 heavy (non-hydrogen) atoms. The van der Waals surface area contributed by atoms with E-state index in [2.05, 4.69) is 19.1 Å². The van der Waals surface area contributed by atoms with Crippen LogP contribution in [0.25, 0.3) is 5.57 Å². The molecule has 0 N–H and O–H groups in total. The van der Waals surface area contributed by atoms with Gasteiger partial charge in [0.1, 0.15) is 0 Å². The zero-order valence-electron chi connectivity index (χ0n) is 10.2. The number of benzene rings is 1. The topological polar surface area (TPSA) is 47.6 Å². The molecule has 3 rings (SSSR count). The lowest BCUT2D eigenvalue weighted by atomic mass is 9.90. The van der Waals surface area contributed by atoms with E-state index in [0.717, 1.165) is 30.4 Å². The van der Waals surface area contributed by atoms with E-state index in [0.29, 0.717) is 0 Å². The molecule has 2 nitrogen and oxygen atoms in total. The van der Waals surface area contributed by atoms with Crippen LogP contribution in [-0.4, -0.2) is 0 Å². The summed E-state index contributed by atoms with van der Waals surface area (Å²) in [6.45, 7) is 2.07. The monoisotopic (exact) mass is 232 g/mol. The lowest BCUT2D eigenvalue weighted by Crippen LogP contribution is -1.95. The van der Waals surface area contributed by atoms with Gasteiger partial charge in [-0.05, 0) is 72.2 Å². The second kappa shape index (κ2) is 3.86. The van der Waals surface area contributed by atoms with Crippen molar-refractivity contribution in [2.24, 2.45) is 0 Å². The molecule has 0 bridgehead atoms. The summed E-state index contributed by atoms with van der Waals surface area (Å²) in [4.78, 5) is 0. The number of rotatable bonds is 0. The van der Waals surface area contributed by atoms with Crippen LogP contribution in [0.3, 0.4) is 0 Å². The van der Waals surface area contributed by atoms with Gasteiger partial charge >= 0.3 is 0 Å². The standard InChI is InChI=1S/C16H12N2/c1-10-4-12(9-18)6-14-7-13-5-11(8-17)2-3-15(13)16(10)14/h4-6H,2-3,7H2,1H3. The molecule has 0 saturated carbocycles. The minimum absolute atomic E-state index is 0.732. The number of hydrogen-bond acceptors (Lipinski definition) is 2. The quantitative estimate of drug-likeness (QED) is 0.688. The molecular weight excluding hydrogens is 220 g/mol.